The molecule has 0 aliphatic heterocycles. The van der Waals surface area contributed by atoms with E-state index in [9.17, 15) is 9.90 Å². The average molecular weight is 318 g/mol. The molecular weight excluding hydrogens is 300 g/mol. The van der Waals surface area contributed by atoms with Crippen LogP contribution in [-0.2, 0) is 0 Å². The first-order valence-electron chi connectivity index (χ1n) is 7.37. The summed E-state index contributed by atoms with van der Waals surface area (Å²) >= 11 is 1.32. The third-order valence-electron chi connectivity index (χ3n) is 3.71. The normalized spacial score (nSPS) is 21.3. The lowest BCUT2D eigenvalue weighted by Crippen LogP contribution is -2.46. The van der Waals surface area contributed by atoms with Crippen molar-refractivity contribution in [3.05, 3.63) is 30.3 Å². The molecule has 1 aliphatic rings. The van der Waals surface area contributed by atoms with Crippen LogP contribution in [0.1, 0.15) is 25.7 Å². The Morgan fingerprint density at radius 3 is 2.73 bits per heavy atom. The summed E-state index contributed by atoms with van der Waals surface area (Å²) in [5.41, 5.74) is 0.969. The number of hydrogen-bond donors (Lipinski definition) is 3. The number of hydrogen-bond acceptors (Lipinski definition) is 5. The van der Waals surface area contributed by atoms with E-state index in [2.05, 4.69) is 20.8 Å². The number of amides is 2. The monoisotopic (exact) mass is 318 g/mol. The Hall–Kier alpha value is -1.99. The van der Waals surface area contributed by atoms with Crippen LogP contribution >= 0.6 is 11.3 Å². The van der Waals surface area contributed by atoms with Gasteiger partial charge in [0, 0.05) is 5.56 Å². The van der Waals surface area contributed by atoms with Crippen molar-refractivity contribution in [1.82, 2.24) is 15.5 Å². The molecule has 2 atom stereocenters. The third-order valence-corrected chi connectivity index (χ3v) is 4.60. The van der Waals surface area contributed by atoms with Crippen molar-refractivity contribution in [2.45, 2.75) is 37.8 Å². The summed E-state index contributed by atoms with van der Waals surface area (Å²) in [4.78, 5) is 12.0. The second-order valence-electron chi connectivity index (χ2n) is 5.34. The van der Waals surface area contributed by atoms with Crippen LogP contribution in [0.2, 0.25) is 0 Å². The lowest BCUT2D eigenvalue weighted by atomic mass is 9.93. The van der Waals surface area contributed by atoms with Gasteiger partial charge in [-0.3, -0.25) is 5.32 Å². The van der Waals surface area contributed by atoms with Gasteiger partial charge in [0.2, 0.25) is 5.13 Å². The minimum Gasteiger partial charge on any atom is -0.391 e. The highest BCUT2D eigenvalue weighted by atomic mass is 32.1. The Balaban J connectivity index is 1.59. The molecule has 1 aromatic carbocycles. The Morgan fingerprint density at radius 1 is 1.18 bits per heavy atom. The zero-order chi connectivity index (χ0) is 15.4. The van der Waals surface area contributed by atoms with Gasteiger partial charge in [-0.2, -0.15) is 0 Å². The zero-order valence-electron chi connectivity index (χ0n) is 12.0. The molecule has 2 unspecified atom stereocenters. The molecule has 1 heterocycles. The first-order valence-corrected chi connectivity index (χ1v) is 8.18. The smallest absolute Gasteiger partial charge is 0.321 e. The highest BCUT2D eigenvalue weighted by Crippen LogP contribution is 2.26. The number of benzene rings is 1. The molecule has 0 bridgehead atoms. The van der Waals surface area contributed by atoms with Crippen molar-refractivity contribution in [1.29, 1.82) is 0 Å². The van der Waals surface area contributed by atoms with E-state index in [0.717, 1.165) is 36.3 Å². The standard InChI is InChI=1S/C15H18N4O2S/c20-12-9-5-4-8-11(12)16-14(21)17-15-19-18-13(22-15)10-6-2-1-3-7-10/h1-3,6-7,11-12,20H,4-5,8-9H2,(H2,16,17,19,21). The summed E-state index contributed by atoms with van der Waals surface area (Å²) in [6.07, 6.45) is 3.12. The summed E-state index contributed by atoms with van der Waals surface area (Å²) in [6, 6.07) is 9.16. The van der Waals surface area contributed by atoms with Gasteiger partial charge in [0.05, 0.1) is 12.1 Å². The van der Waals surface area contributed by atoms with Crippen LogP contribution in [0.5, 0.6) is 0 Å². The van der Waals surface area contributed by atoms with E-state index in [-0.39, 0.29) is 12.1 Å². The third kappa shape index (κ3) is 3.61. The largest absolute Gasteiger partial charge is 0.391 e. The van der Waals surface area contributed by atoms with Gasteiger partial charge in [0.15, 0.2) is 0 Å². The number of rotatable bonds is 3. The Morgan fingerprint density at radius 2 is 1.95 bits per heavy atom. The Bertz CT molecular complexity index is 631. The number of carbonyl (C=O) groups is 1. The van der Waals surface area contributed by atoms with Gasteiger partial charge in [-0.05, 0) is 12.8 Å². The lowest BCUT2D eigenvalue weighted by Gasteiger charge is -2.28. The summed E-state index contributed by atoms with van der Waals surface area (Å²) < 4.78 is 0. The molecule has 3 N–H and O–H groups in total. The van der Waals surface area contributed by atoms with Gasteiger partial charge in [-0.1, -0.05) is 54.5 Å². The molecule has 1 aromatic heterocycles. The van der Waals surface area contributed by atoms with E-state index in [4.69, 9.17) is 0 Å². The van der Waals surface area contributed by atoms with E-state index in [1.165, 1.54) is 11.3 Å². The highest BCUT2D eigenvalue weighted by Gasteiger charge is 2.24. The van der Waals surface area contributed by atoms with Crippen LogP contribution in [0.25, 0.3) is 10.6 Å². The van der Waals surface area contributed by atoms with Gasteiger partial charge < -0.3 is 10.4 Å². The van der Waals surface area contributed by atoms with Gasteiger partial charge in [-0.25, -0.2) is 4.79 Å². The molecular formula is C15H18N4O2S. The van der Waals surface area contributed by atoms with Crippen LogP contribution in [-0.4, -0.2) is 33.5 Å². The summed E-state index contributed by atoms with van der Waals surface area (Å²) in [7, 11) is 0. The fourth-order valence-corrected chi connectivity index (χ4v) is 3.30. The van der Waals surface area contributed by atoms with Gasteiger partial charge >= 0.3 is 6.03 Å². The number of carbonyl (C=O) groups excluding carboxylic acids is 1. The second kappa shape index (κ2) is 6.85. The van der Waals surface area contributed by atoms with Crippen molar-refractivity contribution in [2.75, 3.05) is 5.32 Å². The lowest BCUT2D eigenvalue weighted by molar-refractivity contribution is 0.0955. The van der Waals surface area contributed by atoms with Crippen LogP contribution in [0.15, 0.2) is 30.3 Å². The molecule has 1 saturated carbocycles. The van der Waals surface area contributed by atoms with Crippen LogP contribution in [0, 0.1) is 0 Å². The van der Waals surface area contributed by atoms with E-state index >= 15 is 0 Å². The number of nitrogens with zero attached hydrogens (tertiary/aromatic N) is 2. The molecule has 1 fully saturated rings. The minimum atomic E-state index is -0.464. The van der Waals surface area contributed by atoms with Crippen molar-refractivity contribution in [2.24, 2.45) is 0 Å². The predicted molar refractivity (Wildman–Crippen MR) is 85.8 cm³/mol. The number of aliphatic hydroxyl groups excluding tert-OH is 1. The van der Waals surface area contributed by atoms with Gasteiger partial charge in [0.25, 0.3) is 0 Å². The predicted octanol–water partition coefficient (Wildman–Crippen LogP) is 2.63. The summed E-state index contributed by atoms with van der Waals surface area (Å²) in [6.45, 7) is 0. The maximum absolute atomic E-state index is 12.0. The molecule has 0 spiro atoms. The fourth-order valence-electron chi connectivity index (χ4n) is 2.55. The van der Waals surface area contributed by atoms with E-state index in [1.807, 2.05) is 30.3 Å². The molecule has 3 rings (SSSR count). The molecule has 1 aliphatic carbocycles. The number of anilines is 1. The molecule has 7 heteroatoms. The molecule has 0 saturated heterocycles. The topological polar surface area (TPSA) is 87.1 Å². The van der Waals surface area contributed by atoms with E-state index < -0.39 is 6.10 Å². The molecule has 116 valence electrons. The Labute approximate surface area is 132 Å². The zero-order valence-corrected chi connectivity index (χ0v) is 12.8. The van der Waals surface area contributed by atoms with Gasteiger partial charge in [0.1, 0.15) is 5.01 Å². The SMILES string of the molecule is O=C(Nc1nnc(-c2ccccc2)s1)NC1CCCCC1O. The maximum atomic E-state index is 12.0. The number of nitrogens with one attached hydrogen (secondary N) is 2. The van der Waals surface area contributed by atoms with E-state index in [0.29, 0.717) is 5.13 Å². The summed E-state index contributed by atoms with van der Waals surface area (Å²) in [5, 5.41) is 24.6. The van der Waals surface area contributed by atoms with Crippen LogP contribution in [0.4, 0.5) is 9.93 Å². The molecule has 0 radical (unpaired) electrons. The van der Waals surface area contributed by atoms with Gasteiger partial charge in [-0.15, -0.1) is 10.2 Å². The highest BCUT2D eigenvalue weighted by molar-refractivity contribution is 7.18. The fraction of sp³-hybridized carbons (Fsp3) is 0.400. The van der Waals surface area contributed by atoms with Crippen molar-refractivity contribution < 1.29 is 9.90 Å². The average Bonchev–Trinajstić information content (AvgIpc) is 2.99. The van der Waals surface area contributed by atoms with Crippen molar-refractivity contribution in [3.63, 3.8) is 0 Å². The molecule has 22 heavy (non-hydrogen) atoms. The van der Waals surface area contributed by atoms with Crippen LogP contribution < -0.4 is 10.6 Å². The summed E-state index contributed by atoms with van der Waals surface area (Å²) in [5.74, 6) is 0. The first-order chi connectivity index (χ1) is 10.7. The minimum absolute atomic E-state index is 0.185. The molecule has 6 nitrogen and oxygen atoms in total. The second-order valence-corrected chi connectivity index (χ2v) is 6.31. The first kappa shape index (κ1) is 14.9. The van der Waals surface area contributed by atoms with Crippen molar-refractivity contribution in [3.8, 4) is 10.6 Å². The number of aromatic nitrogens is 2. The Kier molecular flexibility index (Phi) is 4.65. The van der Waals surface area contributed by atoms with E-state index in [1.54, 1.807) is 0 Å². The molecule has 2 aromatic rings. The number of urea groups is 1. The quantitative estimate of drug-likeness (QED) is 0.812. The maximum Gasteiger partial charge on any atom is 0.321 e. The van der Waals surface area contributed by atoms with Crippen LogP contribution in [0.3, 0.4) is 0 Å². The van der Waals surface area contributed by atoms with Crippen molar-refractivity contribution >= 4 is 22.5 Å². The molecule has 2 amide bonds. The number of aliphatic hydroxyl groups is 1.